The van der Waals surface area contributed by atoms with Crippen LogP contribution in [0.15, 0.2) is 36.4 Å². The number of nitrogens with one attached hydrogen (secondary N) is 2. The van der Waals surface area contributed by atoms with Crippen LogP contribution in [0.4, 0.5) is 5.82 Å². The summed E-state index contributed by atoms with van der Waals surface area (Å²) in [5, 5.41) is 5.91. The van der Waals surface area contributed by atoms with Crippen LogP contribution in [0.1, 0.15) is 54.2 Å². The SMILES string of the molecule is CCCCNc1c(-c2ccc3c(c2)CN(C2CCC(=O)NC2=O)C3=O)nc2cccc(C)n12. The van der Waals surface area contributed by atoms with Gasteiger partial charge in [0.1, 0.15) is 23.2 Å². The fraction of sp³-hybridized carbons (Fsp3) is 0.360. The van der Waals surface area contributed by atoms with Gasteiger partial charge in [0.15, 0.2) is 0 Å². The van der Waals surface area contributed by atoms with Gasteiger partial charge in [0.25, 0.3) is 5.91 Å². The Bertz CT molecular complexity index is 1280. The summed E-state index contributed by atoms with van der Waals surface area (Å²) < 4.78 is 2.12. The molecule has 3 aromatic rings. The number of imidazole rings is 1. The molecule has 3 amide bonds. The Morgan fingerprint density at radius 1 is 1.18 bits per heavy atom. The fourth-order valence-corrected chi connectivity index (χ4v) is 4.72. The third kappa shape index (κ3) is 3.65. The lowest BCUT2D eigenvalue weighted by Crippen LogP contribution is -2.52. The maximum Gasteiger partial charge on any atom is 0.255 e. The molecule has 2 N–H and O–H groups in total. The van der Waals surface area contributed by atoms with Gasteiger partial charge in [-0.1, -0.05) is 25.5 Å². The van der Waals surface area contributed by atoms with Crippen molar-refractivity contribution in [2.24, 2.45) is 0 Å². The van der Waals surface area contributed by atoms with Crippen molar-refractivity contribution >= 4 is 29.2 Å². The lowest BCUT2D eigenvalue weighted by molar-refractivity contribution is -0.136. The molecule has 33 heavy (non-hydrogen) atoms. The van der Waals surface area contributed by atoms with Crippen LogP contribution >= 0.6 is 0 Å². The third-order valence-corrected chi connectivity index (χ3v) is 6.46. The van der Waals surface area contributed by atoms with Crippen LogP contribution in [0.2, 0.25) is 0 Å². The number of anilines is 1. The molecule has 8 nitrogen and oxygen atoms in total. The van der Waals surface area contributed by atoms with E-state index in [0.717, 1.165) is 53.4 Å². The average molecular weight is 446 g/mol. The first-order chi connectivity index (χ1) is 16.0. The van der Waals surface area contributed by atoms with Gasteiger partial charge >= 0.3 is 0 Å². The Morgan fingerprint density at radius 2 is 2.03 bits per heavy atom. The minimum Gasteiger partial charge on any atom is -0.369 e. The van der Waals surface area contributed by atoms with E-state index in [0.29, 0.717) is 18.5 Å². The molecule has 1 unspecified atom stereocenters. The number of imide groups is 1. The predicted molar refractivity (Wildman–Crippen MR) is 125 cm³/mol. The summed E-state index contributed by atoms with van der Waals surface area (Å²) in [4.78, 5) is 43.3. The Balaban J connectivity index is 1.50. The smallest absolute Gasteiger partial charge is 0.255 e. The summed E-state index contributed by atoms with van der Waals surface area (Å²) in [5.41, 5.74) is 5.19. The van der Waals surface area contributed by atoms with E-state index in [1.54, 1.807) is 4.90 Å². The van der Waals surface area contributed by atoms with E-state index in [2.05, 4.69) is 34.9 Å². The number of piperidine rings is 1. The van der Waals surface area contributed by atoms with Gasteiger partial charge in [-0.3, -0.25) is 24.1 Å². The maximum atomic E-state index is 13.0. The van der Waals surface area contributed by atoms with Crippen molar-refractivity contribution in [3.8, 4) is 11.3 Å². The monoisotopic (exact) mass is 445 g/mol. The number of carbonyl (C=O) groups is 3. The van der Waals surface area contributed by atoms with E-state index in [1.165, 1.54) is 0 Å². The number of hydrogen-bond donors (Lipinski definition) is 2. The van der Waals surface area contributed by atoms with Gasteiger partial charge in [-0.2, -0.15) is 0 Å². The van der Waals surface area contributed by atoms with Crippen LogP contribution in [-0.4, -0.2) is 44.6 Å². The quantitative estimate of drug-likeness (QED) is 0.448. The van der Waals surface area contributed by atoms with Crippen molar-refractivity contribution in [3.05, 3.63) is 53.2 Å². The van der Waals surface area contributed by atoms with E-state index in [4.69, 9.17) is 4.98 Å². The molecular formula is C25H27N5O3. The molecule has 1 aromatic carbocycles. The molecule has 0 bridgehead atoms. The molecule has 4 heterocycles. The van der Waals surface area contributed by atoms with E-state index in [1.807, 2.05) is 30.3 Å². The Morgan fingerprint density at radius 3 is 2.82 bits per heavy atom. The van der Waals surface area contributed by atoms with E-state index in [9.17, 15) is 14.4 Å². The Labute approximate surface area is 192 Å². The molecule has 1 atom stereocenters. The van der Waals surface area contributed by atoms with Crippen molar-refractivity contribution in [2.75, 3.05) is 11.9 Å². The average Bonchev–Trinajstić information content (AvgIpc) is 3.32. The molecule has 8 heteroatoms. The van der Waals surface area contributed by atoms with Gasteiger partial charge in [0, 0.05) is 36.3 Å². The van der Waals surface area contributed by atoms with Crippen LogP contribution in [0.3, 0.4) is 0 Å². The number of unbranched alkanes of at least 4 members (excludes halogenated alkanes) is 1. The van der Waals surface area contributed by atoms with Gasteiger partial charge in [0.05, 0.1) is 0 Å². The lowest BCUT2D eigenvalue weighted by Gasteiger charge is -2.29. The molecule has 1 fully saturated rings. The zero-order valence-corrected chi connectivity index (χ0v) is 18.9. The highest BCUT2D eigenvalue weighted by Gasteiger charge is 2.39. The van der Waals surface area contributed by atoms with Crippen molar-refractivity contribution < 1.29 is 14.4 Å². The Hall–Kier alpha value is -3.68. The summed E-state index contributed by atoms with van der Waals surface area (Å²) in [5.74, 6) is 0.0971. The molecule has 0 saturated carbocycles. The molecule has 0 aliphatic carbocycles. The van der Waals surface area contributed by atoms with E-state index in [-0.39, 0.29) is 18.2 Å². The Kier molecular flexibility index (Phi) is 5.36. The standard InChI is InChI=1S/C25H27N5O3/c1-3-4-12-26-23-22(27-20-7-5-6-15(2)30(20)23)16-8-9-18-17(13-16)14-29(25(18)33)19-10-11-21(31)28-24(19)32/h5-9,13,19,26H,3-4,10-12,14H2,1-2H3,(H,28,31,32). The van der Waals surface area contributed by atoms with E-state index < -0.39 is 11.9 Å². The first kappa shape index (κ1) is 21.2. The van der Waals surface area contributed by atoms with Crippen LogP contribution in [0.5, 0.6) is 0 Å². The first-order valence-electron chi connectivity index (χ1n) is 11.5. The number of aromatic nitrogens is 2. The predicted octanol–water partition coefficient (Wildman–Crippen LogP) is 3.28. The highest BCUT2D eigenvalue weighted by atomic mass is 16.2. The van der Waals surface area contributed by atoms with Crippen molar-refractivity contribution in [1.29, 1.82) is 0 Å². The summed E-state index contributed by atoms with van der Waals surface area (Å²) in [6.45, 7) is 5.41. The van der Waals surface area contributed by atoms with Gasteiger partial charge < -0.3 is 10.2 Å². The number of fused-ring (bicyclic) bond motifs is 2. The topological polar surface area (TPSA) is 95.8 Å². The van der Waals surface area contributed by atoms with Gasteiger partial charge in [-0.05, 0) is 49.6 Å². The number of amides is 3. The first-order valence-corrected chi connectivity index (χ1v) is 11.5. The number of carbonyl (C=O) groups excluding carboxylic acids is 3. The molecule has 5 rings (SSSR count). The zero-order valence-electron chi connectivity index (χ0n) is 18.9. The zero-order chi connectivity index (χ0) is 23.1. The van der Waals surface area contributed by atoms with Crippen LogP contribution in [0.25, 0.3) is 16.9 Å². The number of hydrogen-bond acceptors (Lipinski definition) is 5. The summed E-state index contributed by atoms with van der Waals surface area (Å²) in [7, 11) is 0. The second-order valence-electron chi connectivity index (χ2n) is 8.72. The molecule has 2 aliphatic rings. The summed E-state index contributed by atoms with van der Waals surface area (Å²) in [6, 6.07) is 11.2. The molecule has 0 radical (unpaired) electrons. The fourth-order valence-electron chi connectivity index (χ4n) is 4.72. The largest absolute Gasteiger partial charge is 0.369 e. The van der Waals surface area contributed by atoms with Crippen molar-refractivity contribution in [1.82, 2.24) is 19.6 Å². The second kappa shape index (κ2) is 8.35. The minimum absolute atomic E-state index is 0.168. The molecule has 2 aromatic heterocycles. The van der Waals surface area contributed by atoms with E-state index >= 15 is 0 Å². The number of nitrogens with zero attached hydrogens (tertiary/aromatic N) is 3. The third-order valence-electron chi connectivity index (χ3n) is 6.46. The van der Waals surface area contributed by atoms with Crippen LogP contribution in [0, 0.1) is 6.92 Å². The summed E-state index contributed by atoms with van der Waals surface area (Å²) >= 11 is 0. The highest BCUT2D eigenvalue weighted by molar-refractivity contribution is 6.05. The number of aryl methyl sites for hydroxylation is 1. The number of pyridine rings is 1. The number of benzene rings is 1. The summed E-state index contributed by atoms with van der Waals surface area (Å²) in [6.07, 6.45) is 2.75. The highest BCUT2D eigenvalue weighted by Crippen LogP contribution is 2.34. The molecule has 1 saturated heterocycles. The molecule has 2 aliphatic heterocycles. The molecule has 170 valence electrons. The number of rotatable bonds is 6. The van der Waals surface area contributed by atoms with Crippen molar-refractivity contribution in [3.63, 3.8) is 0 Å². The normalized spacial score (nSPS) is 18.1. The van der Waals surface area contributed by atoms with Crippen molar-refractivity contribution in [2.45, 2.75) is 52.1 Å². The maximum absolute atomic E-state index is 13.0. The van der Waals surface area contributed by atoms with Gasteiger partial charge in [-0.25, -0.2) is 4.98 Å². The van der Waals surface area contributed by atoms with Gasteiger partial charge in [0.2, 0.25) is 11.8 Å². The second-order valence-corrected chi connectivity index (χ2v) is 8.72. The molecular weight excluding hydrogens is 418 g/mol. The molecule has 0 spiro atoms. The van der Waals surface area contributed by atoms with Crippen LogP contribution in [-0.2, 0) is 16.1 Å². The van der Waals surface area contributed by atoms with Gasteiger partial charge in [-0.15, -0.1) is 0 Å². The lowest BCUT2D eigenvalue weighted by atomic mass is 10.0. The minimum atomic E-state index is -0.616. The van der Waals surface area contributed by atoms with Crippen LogP contribution < -0.4 is 10.6 Å².